The summed E-state index contributed by atoms with van der Waals surface area (Å²) < 4.78 is 28.2. The third kappa shape index (κ3) is 4.06. The highest BCUT2D eigenvalue weighted by Crippen LogP contribution is 2.33. The summed E-state index contributed by atoms with van der Waals surface area (Å²) in [6, 6.07) is 7.86. The van der Waals surface area contributed by atoms with E-state index in [-0.39, 0.29) is 5.56 Å². The fraction of sp³-hybridized carbons (Fsp3) is 0.421. The van der Waals surface area contributed by atoms with Crippen molar-refractivity contribution < 1.29 is 18.3 Å². The van der Waals surface area contributed by atoms with Gasteiger partial charge in [0.25, 0.3) is 10.2 Å². The van der Waals surface area contributed by atoms with Crippen LogP contribution >= 0.6 is 0 Å². The van der Waals surface area contributed by atoms with E-state index in [4.69, 9.17) is 0 Å². The zero-order chi connectivity index (χ0) is 20.5. The highest BCUT2D eigenvalue weighted by atomic mass is 32.2. The molecule has 0 unspecified atom stereocenters. The number of nitrogens with zero attached hydrogens (tertiary/aromatic N) is 4. The quantitative estimate of drug-likeness (QED) is 0.821. The normalized spacial score (nSPS) is 18.4. The lowest BCUT2D eigenvalue weighted by Crippen LogP contribution is -2.45. The number of carboxylic acid groups (broad SMARTS) is 1. The first kappa shape index (κ1) is 20.4. The van der Waals surface area contributed by atoms with Crippen molar-refractivity contribution in [3.05, 3.63) is 47.4 Å². The Kier molecular flexibility index (Phi) is 5.78. The predicted molar refractivity (Wildman–Crippen MR) is 105 cm³/mol. The fourth-order valence-electron chi connectivity index (χ4n) is 3.35. The highest BCUT2D eigenvalue weighted by Gasteiger charge is 2.36. The number of aromatic carboxylic acids is 1. The number of benzene rings is 1. The minimum atomic E-state index is -3.60. The van der Waals surface area contributed by atoms with Gasteiger partial charge >= 0.3 is 5.97 Å². The van der Waals surface area contributed by atoms with Gasteiger partial charge in [-0.25, -0.2) is 14.8 Å². The van der Waals surface area contributed by atoms with Gasteiger partial charge in [0, 0.05) is 31.9 Å². The molecule has 1 atom stereocenters. The van der Waals surface area contributed by atoms with Crippen LogP contribution in [0, 0.1) is 6.92 Å². The molecule has 28 heavy (non-hydrogen) atoms. The van der Waals surface area contributed by atoms with E-state index in [1.807, 2.05) is 6.92 Å². The topological polar surface area (TPSA) is 104 Å². The van der Waals surface area contributed by atoms with Gasteiger partial charge in [-0.05, 0) is 38.0 Å². The van der Waals surface area contributed by atoms with Crippen LogP contribution in [0.15, 0.2) is 30.3 Å². The number of carboxylic acids is 1. The Morgan fingerprint density at radius 1 is 1.21 bits per heavy atom. The molecule has 1 aliphatic rings. The Morgan fingerprint density at radius 3 is 2.64 bits per heavy atom. The average Bonchev–Trinajstić information content (AvgIpc) is 2.67. The van der Waals surface area contributed by atoms with Gasteiger partial charge in [-0.15, -0.1) is 0 Å². The molecule has 2 heterocycles. The van der Waals surface area contributed by atoms with Gasteiger partial charge in [-0.1, -0.05) is 18.6 Å². The molecule has 2 aromatic rings. The second-order valence-electron chi connectivity index (χ2n) is 7.05. The van der Waals surface area contributed by atoms with E-state index in [1.165, 1.54) is 28.8 Å². The van der Waals surface area contributed by atoms with Crippen LogP contribution in [0.25, 0.3) is 11.3 Å². The lowest BCUT2D eigenvalue weighted by atomic mass is 10.0. The van der Waals surface area contributed by atoms with Gasteiger partial charge in [-0.3, -0.25) is 0 Å². The Balaban J connectivity index is 2.05. The number of piperidine rings is 1. The third-order valence-corrected chi connectivity index (χ3v) is 6.74. The van der Waals surface area contributed by atoms with E-state index in [1.54, 1.807) is 24.3 Å². The van der Waals surface area contributed by atoms with Crippen LogP contribution in [0.4, 0.5) is 0 Å². The van der Waals surface area contributed by atoms with E-state index in [0.717, 1.165) is 12.8 Å². The molecule has 1 N–H and O–H groups in total. The molecule has 0 saturated carbocycles. The number of hydrogen-bond acceptors (Lipinski definition) is 5. The molecule has 0 amide bonds. The fourth-order valence-corrected chi connectivity index (χ4v) is 4.65. The lowest BCUT2D eigenvalue weighted by molar-refractivity contribution is 0.0697. The zero-order valence-electron chi connectivity index (χ0n) is 16.2. The van der Waals surface area contributed by atoms with Crippen molar-refractivity contribution in [1.82, 2.24) is 18.6 Å². The summed E-state index contributed by atoms with van der Waals surface area (Å²) in [5, 5.41) is 9.23. The van der Waals surface area contributed by atoms with Crippen molar-refractivity contribution in [2.75, 3.05) is 20.6 Å². The largest absolute Gasteiger partial charge is 0.478 e. The first-order valence-corrected chi connectivity index (χ1v) is 10.5. The standard InChI is InChI=1S/C19H24N4O4S/c1-13-11-16(14-7-6-8-15(12-14)19(24)25)21-18(20-13)17-9-4-5-10-23(17)28(26,27)22(2)3/h6-8,11-12,17H,4-5,9-10H2,1-3H3,(H,24,25)/t17-/m0/s1. The van der Waals surface area contributed by atoms with E-state index in [2.05, 4.69) is 9.97 Å². The monoisotopic (exact) mass is 404 g/mol. The SMILES string of the molecule is Cc1cc(-c2cccc(C(=O)O)c2)nc([C@@H]2CCCCN2S(=O)(=O)N(C)C)n1. The molecule has 0 spiro atoms. The molecule has 150 valence electrons. The minimum Gasteiger partial charge on any atom is -0.478 e. The van der Waals surface area contributed by atoms with Gasteiger partial charge in [0.2, 0.25) is 0 Å². The van der Waals surface area contributed by atoms with Crippen molar-refractivity contribution in [3.8, 4) is 11.3 Å². The Morgan fingerprint density at radius 2 is 1.96 bits per heavy atom. The summed E-state index contributed by atoms with van der Waals surface area (Å²) in [4.78, 5) is 20.4. The van der Waals surface area contributed by atoms with Crippen LogP contribution in [-0.4, -0.2) is 58.7 Å². The summed E-state index contributed by atoms with van der Waals surface area (Å²) in [5.41, 5.74) is 2.11. The smallest absolute Gasteiger partial charge is 0.335 e. The van der Waals surface area contributed by atoms with Crippen molar-refractivity contribution in [2.45, 2.75) is 32.2 Å². The molecule has 0 aliphatic carbocycles. The number of aryl methyl sites for hydroxylation is 1. The highest BCUT2D eigenvalue weighted by molar-refractivity contribution is 7.86. The minimum absolute atomic E-state index is 0.171. The van der Waals surface area contributed by atoms with Crippen LogP contribution in [0.2, 0.25) is 0 Å². The first-order chi connectivity index (χ1) is 13.2. The number of rotatable bonds is 5. The Hall–Kier alpha value is -2.36. The molecule has 0 bridgehead atoms. The summed E-state index contributed by atoms with van der Waals surface area (Å²) in [7, 11) is -0.567. The van der Waals surface area contributed by atoms with Gasteiger partial charge in [0.05, 0.1) is 17.3 Å². The summed E-state index contributed by atoms with van der Waals surface area (Å²) in [6.45, 7) is 2.25. The number of carbonyl (C=O) groups is 1. The first-order valence-electron chi connectivity index (χ1n) is 9.09. The van der Waals surface area contributed by atoms with E-state index in [9.17, 15) is 18.3 Å². The number of hydrogen-bond donors (Lipinski definition) is 1. The Labute approximate surface area is 165 Å². The van der Waals surface area contributed by atoms with Crippen LogP contribution in [0.1, 0.15) is 47.2 Å². The van der Waals surface area contributed by atoms with Gasteiger partial charge in [-0.2, -0.15) is 17.0 Å². The maximum Gasteiger partial charge on any atom is 0.335 e. The summed E-state index contributed by atoms with van der Waals surface area (Å²) >= 11 is 0. The zero-order valence-corrected chi connectivity index (χ0v) is 17.0. The molecule has 0 radical (unpaired) electrons. The van der Waals surface area contributed by atoms with Crippen molar-refractivity contribution in [2.24, 2.45) is 0 Å². The molecule has 9 heteroatoms. The molecule has 1 fully saturated rings. The molecule has 3 rings (SSSR count). The van der Waals surface area contributed by atoms with Crippen molar-refractivity contribution >= 4 is 16.2 Å². The maximum absolute atomic E-state index is 12.8. The lowest BCUT2D eigenvalue weighted by Gasteiger charge is -2.35. The number of aromatic nitrogens is 2. The molecule has 8 nitrogen and oxygen atoms in total. The molecular weight excluding hydrogens is 380 g/mol. The molecule has 1 aromatic carbocycles. The van der Waals surface area contributed by atoms with Crippen molar-refractivity contribution in [1.29, 1.82) is 0 Å². The van der Waals surface area contributed by atoms with Crippen LogP contribution in [-0.2, 0) is 10.2 Å². The van der Waals surface area contributed by atoms with Crippen LogP contribution in [0.3, 0.4) is 0 Å². The maximum atomic E-state index is 12.8. The molecule has 1 aliphatic heterocycles. The van der Waals surface area contributed by atoms with E-state index >= 15 is 0 Å². The second-order valence-corrected chi connectivity index (χ2v) is 9.15. The second kappa shape index (κ2) is 7.94. The predicted octanol–water partition coefficient (Wildman–Crippen LogP) is 2.48. The van der Waals surface area contributed by atoms with Crippen LogP contribution in [0.5, 0.6) is 0 Å². The molecule has 1 aromatic heterocycles. The summed E-state index contributed by atoms with van der Waals surface area (Å²) in [5.74, 6) is -0.566. The van der Waals surface area contributed by atoms with Crippen molar-refractivity contribution in [3.63, 3.8) is 0 Å². The van der Waals surface area contributed by atoms with Gasteiger partial charge in [0.1, 0.15) is 5.82 Å². The molecular formula is C19H24N4O4S. The van der Waals surface area contributed by atoms with E-state index < -0.39 is 22.2 Å². The molecule has 1 saturated heterocycles. The van der Waals surface area contributed by atoms with Crippen LogP contribution < -0.4 is 0 Å². The Bertz CT molecular complexity index is 991. The summed E-state index contributed by atoms with van der Waals surface area (Å²) in [6.07, 6.45) is 2.33. The van der Waals surface area contributed by atoms with E-state index in [0.29, 0.717) is 35.7 Å². The van der Waals surface area contributed by atoms with Gasteiger partial charge in [0.15, 0.2) is 0 Å². The average molecular weight is 404 g/mol. The van der Waals surface area contributed by atoms with Gasteiger partial charge < -0.3 is 5.11 Å². The third-order valence-electron chi connectivity index (χ3n) is 4.79.